The summed E-state index contributed by atoms with van der Waals surface area (Å²) in [6.45, 7) is 1.78. The summed E-state index contributed by atoms with van der Waals surface area (Å²) in [6.07, 6.45) is 3.58. The predicted octanol–water partition coefficient (Wildman–Crippen LogP) is 2.25. The van der Waals surface area contributed by atoms with Crippen molar-refractivity contribution < 1.29 is 4.39 Å². The highest BCUT2D eigenvalue weighted by atomic mass is 19.1. The van der Waals surface area contributed by atoms with E-state index in [1.54, 1.807) is 12.1 Å². The summed E-state index contributed by atoms with van der Waals surface area (Å²) in [5.41, 5.74) is 0.684. The van der Waals surface area contributed by atoms with Crippen molar-refractivity contribution in [3.8, 4) is 6.07 Å². The molecule has 1 aromatic carbocycles. The molecule has 0 aliphatic carbocycles. The van der Waals surface area contributed by atoms with Gasteiger partial charge in [-0.3, -0.25) is 0 Å². The van der Waals surface area contributed by atoms with Crippen molar-refractivity contribution in [2.24, 2.45) is 0 Å². The van der Waals surface area contributed by atoms with Gasteiger partial charge in [-0.05, 0) is 31.5 Å². The third kappa shape index (κ3) is 2.95. The van der Waals surface area contributed by atoms with Crippen molar-refractivity contribution in [2.45, 2.75) is 25.3 Å². The molecule has 17 heavy (non-hydrogen) atoms. The zero-order valence-corrected chi connectivity index (χ0v) is 9.67. The van der Waals surface area contributed by atoms with E-state index in [1.807, 2.05) is 6.07 Å². The monoisotopic (exact) mass is 233 g/mol. The molecule has 1 aromatic rings. The normalized spacial score (nSPS) is 19.6. The summed E-state index contributed by atoms with van der Waals surface area (Å²) >= 11 is 0. The average Bonchev–Trinajstić information content (AvgIpc) is 2.37. The summed E-state index contributed by atoms with van der Waals surface area (Å²) in [6, 6.07) is 6.98. The molecule has 1 unspecified atom stereocenters. The van der Waals surface area contributed by atoms with Gasteiger partial charge in [-0.25, -0.2) is 4.39 Å². The van der Waals surface area contributed by atoms with Crippen LogP contribution in [-0.4, -0.2) is 19.1 Å². The van der Waals surface area contributed by atoms with Gasteiger partial charge in [0.25, 0.3) is 0 Å². The van der Waals surface area contributed by atoms with Crippen LogP contribution in [0.25, 0.3) is 0 Å². The number of anilines is 1. The molecule has 1 saturated heterocycles. The quantitative estimate of drug-likeness (QED) is 0.841. The number of halogens is 1. The molecule has 0 amide bonds. The van der Waals surface area contributed by atoms with Gasteiger partial charge in [-0.1, -0.05) is 12.5 Å². The Morgan fingerprint density at radius 2 is 2.35 bits per heavy atom. The van der Waals surface area contributed by atoms with Crippen LogP contribution in [0.3, 0.4) is 0 Å². The van der Waals surface area contributed by atoms with Crippen LogP contribution in [0.15, 0.2) is 18.2 Å². The van der Waals surface area contributed by atoms with E-state index in [1.165, 1.54) is 18.9 Å². The van der Waals surface area contributed by atoms with Crippen molar-refractivity contribution in [1.29, 1.82) is 5.26 Å². The SMILES string of the molecule is N#Cc1c(F)cccc1NCC1CCCCN1. The van der Waals surface area contributed by atoms with Crippen LogP contribution >= 0.6 is 0 Å². The molecule has 0 bridgehead atoms. The number of nitrogens with one attached hydrogen (secondary N) is 2. The predicted molar refractivity (Wildman–Crippen MR) is 65.2 cm³/mol. The Balaban J connectivity index is 1.99. The van der Waals surface area contributed by atoms with Crippen molar-refractivity contribution in [1.82, 2.24) is 5.32 Å². The molecule has 90 valence electrons. The lowest BCUT2D eigenvalue weighted by atomic mass is 10.0. The molecule has 2 rings (SSSR count). The first-order valence-electron chi connectivity index (χ1n) is 5.97. The molecule has 1 heterocycles. The zero-order chi connectivity index (χ0) is 12.1. The Bertz CT molecular complexity index is 419. The van der Waals surface area contributed by atoms with Gasteiger partial charge in [-0.15, -0.1) is 0 Å². The zero-order valence-electron chi connectivity index (χ0n) is 9.67. The summed E-state index contributed by atoms with van der Waals surface area (Å²) in [5, 5.41) is 15.4. The van der Waals surface area contributed by atoms with E-state index in [-0.39, 0.29) is 5.56 Å². The van der Waals surface area contributed by atoms with Crippen LogP contribution in [0.4, 0.5) is 10.1 Å². The van der Waals surface area contributed by atoms with Gasteiger partial charge >= 0.3 is 0 Å². The van der Waals surface area contributed by atoms with Crippen LogP contribution in [0.5, 0.6) is 0 Å². The summed E-state index contributed by atoms with van der Waals surface area (Å²) in [5.74, 6) is -0.464. The van der Waals surface area contributed by atoms with Gasteiger partial charge in [0.2, 0.25) is 0 Å². The van der Waals surface area contributed by atoms with Crippen LogP contribution < -0.4 is 10.6 Å². The minimum Gasteiger partial charge on any atom is -0.382 e. The van der Waals surface area contributed by atoms with Crippen LogP contribution in [0, 0.1) is 17.1 Å². The van der Waals surface area contributed by atoms with Gasteiger partial charge in [0.05, 0.1) is 5.69 Å². The van der Waals surface area contributed by atoms with Crippen molar-refractivity contribution in [3.05, 3.63) is 29.6 Å². The molecular formula is C13H16FN3. The Morgan fingerprint density at radius 1 is 1.47 bits per heavy atom. The third-order valence-electron chi connectivity index (χ3n) is 3.08. The Hall–Kier alpha value is -1.60. The molecule has 4 heteroatoms. The van der Waals surface area contributed by atoms with Crippen LogP contribution in [-0.2, 0) is 0 Å². The lowest BCUT2D eigenvalue weighted by Gasteiger charge is -2.24. The van der Waals surface area contributed by atoms with Crippen molar-refractivity contribution in [2.75, 3.05) is 18.4 Å². The first-order chi connectivity index (χ1) is 8.31. The van der Waals surface area contributed by atoms with E-state index < -0.39 is 5.82 Å². The minimum absolute atomic E-state index is 0.100. The number of piperidine rings is 1. The van der Waals surface area contributed by atoms with Crippen LogP contribution in [0.1, 0.15) is 24.8 Å². The van der Waals surface area contributed by atoms with E-state index in [0.717, 1.165) is 19.5 Å². The first-order valence-corrected chi connectivity index (χ1v) is 5.97. The number of hydrogen-bond donors (Lipinski definition) is 2. The average molecular weight is 233 g/mol. The molecule has 1 atom stereocenters. The largest absolute Gasteiger partial charge is 0.382 e. The maximum atomic E-state index is 13.3. The summed E-state index contributed by atoms with van der Waals surface area (Å²) < 4.78 is 13.3. The number of benzene rings is 1. The smallest absolute Gasteiger partial charge is 0.143 e. The van der Waals surface area contributed by atoms with E-state index in [4.69, 9.17) is 5.26 Å². The summed E-state index contributed by atoms with van der Waals surface area (Å²) in [7, 11) is 0. The van der Waals surface area contributed by atoms with Gasteiger partial charge < -0.3 is 10.6 Å². The lowest BCUT2D eigenvalue weighted by Crippen LogP contribution is -2.39. The molecule has 2 N–H and O–H groups in total. The Labute approximate surface area is 101 Å². The van der Waals surface area contributed by atoms with E-state index in [9.17, 15) is 4.39 Å². The number of hydrogen-bond acceptors (Lipinski definition) is 3. The maximum absolute atomic E-state index is 13.3. The highest BCUT2D eigenvalue weighted by Crippen LogP contribution is 2.18. The van der Waals surface area contributed by atoms with Crippen molar-refractivity contribution in [3.63, 3.8) is 0 Å². The highest BCUT2D eigenvalue weighted by Gasteiger charge is 2.13. The van der Waals surface area contributed by atoms with Gasteiger partial charge in [-0.2, -0.15) is 5.26 Å². The van der Waals surface area contributed by atoms with Crippen LogP contribution in [0.2, 0.25) is 0 Å². The molecule has 1 aliphatic rings. The molecule has 0 radical (unpaired) electrons. The molecule has 1 fully saturated rings. The number of nitriles is 1. The van der Waals surface area contributed by atoms with Gasteiger partial charge in [0.15, 0.2) is 0 Å². The second kappa shape index (κ2) is 5.65. The third-order valence-corrected chi connectivity index (χ3v) is 3.08. The Kier molecular flexibility index (Phi) is 3.94. The molecular weight excluding hydrogens is 217 g/mol. The molecule has 0 aromatic heterocycles. The van der Waals surface area contributed by atoms with Crippen molar-refractivity contribution >= 4 is 5.69 Å². The fourth-order valence-corrected chi connectivity index (χ4v) is 2.12. The molecule has 1 aliphatic heterocycles. The second-order valence-corrected chi connectivity index (χ2v) is 4.30. The minimum atomic E-state index is -0.464. The molecule has 0 spiro atoms. The Morgan fingerprint density at radius 3 is 3.06 bits per heavy atom. The first kappa shape index (κ1) is 11.9. The highest BCUT2D eigenvalue weighted by molar-refractivity contribution is 5.57. The number of nitrogens with zero attached hydrogens (tertiary/aromatic N) is 1. The fraction of sp³-hybridized carbons (Fsp3) is 0.462. The van der Waals surface area contributed by atoms with Gasteiger partial charge in [0.1, 0.15) is 17.4 Å². The molecule has 0 saturated carbocycles. The number of rotatable bonds is 3. The summed E-state index contributed by atoms with van der Waals surface area (Å²) in [4.78, 5) is 0. The second-order valence-electron chi connectivity index (χ2n) is 4.30. The standard InChI is InChI=1S/C13H16FN3/c14-12-5-3-6-13(11(12)8-15)17-9-10-4-1-2-7-16-10/h3,5-6,10,16-17H,1-2,4,7,9H2. The maximum Gasteiger partial charge on any atom is 0.143 e. The topological polar surface area (TPSA) is 47.9 Å². The van der Waals surface area contributed by atoms with E-state index >= 15 is 0 Å². The van der Waals surface area contributed by atoms with E-state index in [0.29, 0.717) is 11.7 Å². The lowest BCUT2D eigenvalue weighted by molar-refractivity contribution is 0.414. The van der Waals surface area contributed by atoms with E-state index in [2.05, 4.69) is 10.6 Å². The molecule has 3 nitrogen and oxygen atoms in total. The van der Waals surface area contributed by atoms with Gasteiger partial charge in [0, 0.05) is 12.6 Å². The fourth-order valence-electron chi connectivity index (χ4n) is 2.12.